The number of rotatable bonds is 11. The average molecular weight is 546 g/mol. The average Bonchev–Trinajstić information content (AvgIpc) is 2.82. The minimum Gasteiger partial charge on any atom is -0.443 e. The summed E-state index contributed by atoms with van der Waals surface area (Å²) in [5, 5.41) is 0.428. The Morgan fingerprint density at radius 2 is 1.64 bits per heavy atom. The molecule has 2 aromatic rings. The van der Waals surface area contributed by atoms with Crippen LogP contribution in [0.3, 0.4) is 0 Å². The maximum atomic E-state index is 12.7. The molecule has 2 amide bonds. The molecule has 0 saturated heterocycles. The van der Waals surface area contributed by atoms with Crippen molar-refractivity contribution in [3.63, 3.8) is 0 Å². The van der Waals surface area contributed by atoms with Crippen molar-refractivity contribution in [2.24, 2.45) is 0 Å². The lowest BCUT2D eigenvalue weighted by Crippen LogP contribution is -2.44. The van der Waals surface area contributed by atoms with Crippen LogP contribution in [-0.4, -0.2) is 70.2 Å². The monoisotopic (exact) mass is 545 g/mol. The van der Waals surface area contributed by atoms with E-state index in [1.54, 1.807) is 71.9 Å². The van der Waals surface area contributed by atoms with Crippen LogP contribution in [0, 0.1) is 0 Å². The lowest BCUT2D eigenvalue weighted by molar-refractivity contribution is -0.115. The summed E-state index contributed by atoms with van der Waals surface area (Å²) in [6.07, 6.45) is 2.74. The number of nitrogens with zero attached hydrogens (tertiary/aromatic N) is 3. The number of aromatic nitrogens is 2. The number of benzene rings is 1. The molecule has 0 aliphatic rings. The number of allylic oxidation sites excluding steroid dienone is 1. The van der Waals surface area contributed by atoms with Crippen molar-refractivity contribution in [2.75, 3.05) is 20.4 Å². The first-order chi connectivity index (χ1) is 18.2. The molecule has 0 N–H and O–H groups in total. The SMILES string of the molecule is COCO[C@H](/C=C/C(=O)Cn1cnc2ccccc2c1=O)CCCN(C(=O)OC(C)(C)C)C(=O)OC(C)(C)C. The Hall–Kier alpha value is -3.57. The van der Waals surface area contributed by atoms with Gasteiger partial charge in [-0.3, -0.25) is 14.2 Å². The van der Waals surface area contributed by atoms with E-state index in [1.807, 2.05) is 0 Å². The first-order valence-electron chi connectivity index (χ1n) is 12.7. The fourth-order valence-corrected chi connectivity index (χ4v) is 3.39. The number of fused-ring (bicyclic) bond motifs is 1. The van der Waals surface area contributed by atoms with E-state index in [2.05, 4.69) is 4.98 Å². The topological polar surface area (TPSA) is 126 Å². The first-order valence-corrected chi connectivity index (χ1v) is 12.7. The van der Waals surface area contributed by atoms with E-state index in [1.165, 1.54) is 24.1 Å². The smallest absolute Gasteiger partial charge is 0.419 e. The van der Waals surface area contributed by atoms with Crippen molar-refractivity contribution >= 4 is 28.9 Å². The van der Waals surface area contributed by atoms with Crippen LogP contribution < -0.4 is 5.56 Å². The van der Waals surface area contributed by atoms with Gasteiger partial charge in [0.1, 0.15) is 18.0 Å². The number of imide groups is 1. The highest BCUT2D eigenvalue weighted by molar-refractivity contribution is 5.90. The molecule has 11 heteroatoms. The van der Waals surface area contributed by atoms with Crippen LogP contribution in [0.2, 0.25) is 0 Å². The van der Waals surface area contributed by atoms with Crippen LogP contribution in [0.1, 0.15) is 54.4 Å². The molecule has 0 aliphatic heterocycles. The minimum absolute atomic E-state index is 0.0105. The largest absolute Gasteiger partial charge is 0.443 e. The molecule has 0 unspecified atom stereocenters. The number of carbonyl (C=O) groups excluding carboxylic acids is 3. The van der Waals surface area contributed by atoms with Crippen LogP contribution in [-0.2, 0) is 30.3 Å². The highest BCUT2D eigenvalue weighted by atomic mass is 16.7. The first kappa shape index (κ1) is 31.6. The van der Waals surface area contributed by atoms with Gasteiger partial charge in [0.2, 0.25) is 0 Å². The van der Waals surface area contributed by atoms with Gasteiger partial charge < -0.3 is 18.9 Å². The maximum Gasteiger partial charge on any atom is 0.419 e. The predicted octanol–water partition coefficient (Wildman–Crippen LogP) is 4.46. The number of carbonyl (C=O) groups is 3. The quantitative estimate of drug-likeness (QED) is 0.297. The number of hydrogen-bond donors (Lipinski definition) is 0. The summed E-state index contributed by atoms with van der Waals surface area (Å²) in [4.78, 5) is 55.8. The molecule has 0 saturated carbocycles. The number of ketones is 1. The van der Waals surface area contributed by atoms with Crippen LogP contribution in [0.15, 0.2) is 47.5 Å². The third kappa shape index (κ3) is 11.0. The fourth-order valence-electron chi connectivity index (χ4n) is 3.39. The maximum absolute atomic E-state index is 12.7. The van der Waals surface area contributed by atoms with Gasteiger partial charge in [-0.05, 0) is 72.6 Å². The van der Waals surface area contributed by atoms with E-state index in [-0.39, 0.29) is 31.2 Å². The summed E-state index contributed by atoms with van der Waals surface area (Å²) < 4.78 is 22.6. The Bertz CT molecular complexity index is 1200. The molecule has 0 aliphatic carbocycles. The Balaban J connectivity index is 2.07. The zero-order chi connectivity index (χ0) is 29.2. The summed E-state index contributed by atoms with van der Waals surface area (Å²) in [6.45, 7) is 10.0. The third-order valence-corrected chi connectivity index (χ3v) is 5.05. The molecule has 39 heavy (non-hydrogen) atoms. The molecule has 2 rings (SSSR count). The normalized spacial score (nSPS) is 12.9. The number of ether oxygens (including phenoxy) is 4. The highest BCUT2D eigenvalue weighted by Gasteiger charge is 2.31. The van der Waals surface area contributed by atoms with Gasteiger partial charge in [-0.1, -0.05) is 18.2 Å². The summed E-state index contributed by atoms with van der Waals surface area (Å²) in [5.41, 5.74) is -1.35. The van der Waals surface area contributed by atoms with Gasteiger partial charge >= 0.3 is 12.2 Å². The molecular weight excluding hydrogens is 506 g/mol. The Kier molecular flexibility index (Phi) is 11.4. The van der Waals surface area contributed by atoms with Crippen LogP contribution in [0.4, 0.5) is 9.59 Å². The fraction of sp³-hybridized carbons (Fsp3) is 0.536. The van der Waals surface area contributed by atoms with Crippen molar-refractivity contribution in [2.45, 2.75) is 78.2 Å². The molecule has 1 aromatic heterocycles. The zero-order valence-electron chi connectivity index (χ0n) is 23.8. The second-order valence-corrected chi connectivity index (χ2v) is 10.9. The number of amides is 2. The van der Waals surface area contributed by atoms with Crippen molar-refractivity contribution < 1.29 is 33.3 Å². The standard InChI is InChI=1S/C28H39N3O8/c1-27(2,3)38-25(34)31(26(35)39-28(4,5)6)16-10-11-21(37-19-36-7)15-14-20(32)17-30-18-29-23-13-9-8-12-22(23)24(30)33/h8-9,12-15,18,21H,10-11,16-17,19H2,1-7H3/b15-14+/t21-/m0/s1. The Labute approximate surface area is 228 Å². The number of methoxy groups -OCH3 is 1. The van der Waals surface area contributed by atoms with Crippen molar-refractivity contribution in [1.29, 1.82) is 0 Å². The zero-order valence-corrected chi connectivity index (χ0v) is 23.8. The van der Waals surface area contributed by atoms with Crippen LogP contribution >= 0.6 is 0 Å². The second-order valence-electron chi connectivity index (χ2n) is 10.9. The van der Waals surface area contributed by atoms with E-state index in [0.717, 1.165) is 4.90 Å². The molecule has 214 valence electrons. The number of hydrogen-bond acceptors (Lipinski definition) is 9. The second kappa shape index (κ2) is 14.0. The van der Waals surface area contributed by atoms with Crippen LogP contribution in [0.25, 0.3) is 10.9 Å². The van der Waals surface area contributed by atoms with E-state index < -0.39 is 29.5 Å². The Morgan fingerprint density at radius 3 is 2.23 bits per heavy atom. The van der Waals surface area contributed by atoms with Gasteiger partial charge in [-0.25, -0.2) is 19.5 Å². The summed E-state index contributed by atoms with van der Waals surface area (Å²) in [7, 11) is 1.47. The molecule has 0 spiro atoms. The highest BCUT2D eigenvalue weighted by Crippen LogP contribution is 2.16. The predicted molar refractivity (Wildman–Crippen MR) is 145 cm³/mol. The van der Waals surface area contributed by atoms with Crippen molar-refractivity contribution in [3.8, 4) is 0 Å². The van der Waals surface area contributed by atoms with E-state index >= 15 is 0 Å². The molecule has 1 heterocycles. The molecule has 1 aromatic carbocycles. The Morgan fingerprint density at radius 1 is 1.03 bits per heavy atom. The van der Waals surface area contributed by atoms with Gasteiger partial charge in [-0.15, -0.1) is 0 Å². The van der Waals surface area contributed by atoms with Gasteiger partial charge in [0, 0.05) is 13.7 Å². The summed E-state index contributed by atoms with van der Waals surface area (Å²) in [5.74, 6) is -0.329. The molecule has 0 radical (unpaired) electrons. The lowest BCUT2D eigenvalue weighted by Gasteiger charge is -2.28. The van der Waals surface area contributed by atoms with Gasteiger partial charge in [-0.2, -0.15) is 0 Å². The molecular formula is C28H39N3O8. The van der Waals surface area contributed by atoms with Crippen molar-refractivity contribution in [1.82, 2.24) is 14.5 Å². The summed E-state index contributed by atoms with van der Waals surface area (Å²) >= 11 is 0. The van der Waals surface area contributed by atoms with Gasteiger partial charge in [0.25, 0.3) is 5.56 Å². The van der Waals surface area contributed by atoms with Gasteiger partial charge in [0.15, 0.2) is 5.78 Å². The van der Waals surface area contributed by atoms with Crippen molar-refractivity contribution in [3.05, 3.63) is 53.1 Å². The molecule has 1 atom stereocenters. The lowest BCUT2D eigenvalue weighted by atomic mass is 10.1. The minimum atomic E-state index is -0.814. The van der Waals surface area contributed by atoms with Crippen LogP contribution in [0.5, 0.6) is 0 Å². The molecule has 11 nitrogen and oxygen atoms in total. The van der Waals surface area contributed by atoms with E-state index in [9.17, 15) is 19.2 Å². The third-order valence-electron chi connectivity index (χ3n) is 5.05. The summed E-state index contributed by atoms with van der Waals surface area (Å²) in [6, 6.07) is 6.91. The molecule has 0 bridgehead atoms. The van der Waals surface area contributed by atoms with E-state index in [4.69, 9.17) is 18.9 Å². The number of para-hydroxylation sites is 1. The molecule has 0 fully saturated rings. The van der Waals surface area contributed by atoms with Gasteiger partial charge in [0.05, 0.1) is 29.9 Å². The van der Waals surface area contributed by atoms with E-state index in [0.29, 0.717) is 23.7 Å².